The smallest absolute Gasteiger partial charge is 0.347 e. The average Bonchev–Trinajstić information content (AvgIpc) is 3.55. The summed E-state index contributed by atoms with van der Waals surface area (Å²) in [5, 5.41) is 20.8. The second-order valence-corrected chi connectivity index (χ2v) is 13.6. The van der Waals surface area contributed by atoms with E-state index in [0.29, 0.717) is 6.04 Å². The van der Waals surface area contributed by atoms with E-state index in [9.17, 15) is 9.59 Å². The lowest BCUT2D eigenvalue weighted by molar-refractivity contribution is -0.122. The fourth-order valence-corrected chi connectivity index (χ4v) is 5.58. The highest BCUT2D eigenvalue weighted by atomic mass is 16.1. The fraction of sp³-hybridized carbons (Fsp3) is 0.700. The maximum atomic E-state index is 10.7. The molecule has 0 bridgehead atoms. The van der Waals surface area contributed by atoms with E-state index in [0.717, 1.165) is 73.9 Å². The molecule has 0 radical (unpaired) electrons. The van der Waals surface area contributed by atoms with Crippen molar-refractivity contribution in [3.63, 3.8) is 0 Å². The highest BCUT2D eigenvalue weighted by Crippen LogP contribution is 2.15. The van der Waals surface area contributed by atoms with Gasteiger partial charge in [0, 0.05) is 58.2 Å². The number of piperazine rings is 1. The Kier molecular flexibility index (Phi) is 31.1. The van der Waals surface area contributed by atoms with Gasteiger partial charge in [-0.1, -0.05) is 60.3 Å². The second kappa shape index (κ2) is 32.0. The number of hydrogen-bond acceptors (Lipinski definition) is 10. The van der Waals surface area contributed by atoms with Crippen molar-refractivity contribution in [3.8, 4) is 0 Å². The van der Waals surface area contributed by atoms with Gasteiger partial charge in [-0.15, -0.1) is 18.3 Å². The first-order valence-corrected chi connectivity index (χ1v) is 18.8. The van der Waals surface area contributed by atoms with Crippen molar-refractivity contribution < 1.29 is 4.79 Å². The lowest BCUT2D eigenvalue weighted by Crippen LogP contribution is -2.46. The van der Waals surface area contributed by atoms with Crippen molar-refractivity contribution >= 4 is 17.1 Å². The molecule has 3 aromatic rings. The van der Waals surface area contributed by atoms with Gasteiger partial charge in [-0.3, -0.25) is 4.79 Å². The number of carbonyl (C=O) groups excluding carboxylic acids is 1. The van der Waals surface area contributed by atoms with Crippen LogP contribution in [0.4, 0.5) is 0 Å². The number of aromatic nitrogens is 6. The van der Waals surface area contributed by atoms with E-state index < -0.39 is 0 Å². The Morgan fingerprint density at radius 2 is 1.42 bits per heavy atom. The number of aryl methyl sites for hydroxylation is 4. The number of primary amides is 1. The van der Waals surface area contributed by atoms with Gasteiger partial charge in [0.1, 0.15) is 5.52 Å². The van der Waals surface area contributed by atoms with Crippen LogP contribution in [0, 0.1) is 25.7 Å². The van der Waals surface area contributed by atoms with Crippen molar-refractivity contribution in [2.75, 3.05) is 45.8 Å². The molecule has 53 heavy (non-hydrogen) atoms. The number of nitrogens with two attached hydrogens (primary N) is 1. The molecule has 3 atom stereocenters. The summed E-state index contributed by atoms with van der Waals surface area (Å²) in [7, 11) is 3.58. The molecule has 6 N–H and O–H groups in total. The Balaban J connectivity index is 0. The zero-order chi connectivity index (χ0) is 37.9. The zero-order valence-corrected chi connectivity index (χ0v) is 32.6. The third kappa shape index (κ3) is 23.7. The second-order valence-electron chi connectivity index (χ2n) is 13.6. The number of carbonyl (C=O) groups is 1. The van der Waals surface area contributed by atoms with E-state index in [1.54, 1.807) is 38.8 Å². The molecule has 0 aromatic carbocycles. The highest BCUT2D eigenvalue weighted by Gasteiger charge is 2.17. The van der Waals surface area contributed by atoms with E-state index >= 15 is 0 Å². The molecule has 0 spiro atoms. The van der Waals surface area contributed by atoms with Gasteiger partial charge in [-0.2, -0.15) is 10.1 Å². The molecule has 13 nitrogen and oxygen atoms in total. The quantitative estimate of drug-likeness (QED) is 0.208. The SMILES string of the molecule is C.C.C1CCCCC1.C=C.CC1CCCNC1.CC1CNCCN1.Cc1ccn(C)c(=O)n1.Cc1cnnc2c1ncn2C.NC(=O)C1CCCNC1. The predicted molar refractivity (Wildman–Crippen MR) is 224 cm³/mol. The summed E-state index contributed by atoms with van der Waals surface area (Å²) in [6.45, 7) is 21.9. The fourth-order valence-electron chi connectivity index (χ4n) is 5.58. The molecule has 304 valence electrons. The normalized spacial score (nSPS) is 20.1. The van der Waals surface area contributed by atoms with Crippen LogP contribution >= 0.6 is 0 Å². The van der Waals surface area contributed by atoms with E-state index in [2.05, 4.69) is 68.4 Å². The number of amides is 1. The van der Waals surface area contributed by atoms with E-state index in [4.69, 9.17) is 5.73 Å². The maximum Gasteiger partial charge on any atom is 0.347 e. The standard InChI is InChI=1S/C7H8N4.C6H8N2O.C6H12N2O.C6H13N.C6H12.C5H12N2.C2H4.2CH4/c1-5-3-9-10-7-6(5)8-4-11(7)2;1-5-3-4-8(2)6(9)7-5;7-6(9)5-2-1-3-8-4-5;1-6-3-2-4-7-5-6;1-2-4-6-5-3-1;1-5-4-6-2-3-7-5;1-2;;/h3-4H,1-2H3;3-4H,1-2H3;5,8H,1-4H2,(H2,7,9);6-7H,2-5H2,1H3;1-6H2;5-7H,2-4H2,1H3;1-2H2;2*1H4. The predicted octanol–water partition coefficient (Wildman–Crippen LogP) is 5.22. The zero-order valence-electron chi connectivity index (χ0n) is 32.6. The lowest BCUT2D eigenvalue weighted by Gasteiger charge is -2.19. The summed E-state index contributed by atoms with van der Waals surface area (Å²) < 4.78 is 3.29. The summed E-state index contributed by atoms with van der Waals surface area (Å²) in [4.78, 5) is 29.1. The number of imidazole rings is 1. The van der Waals surface area contributed by atoms with Crippen LogP contribution in [0.25, 0.3) is 11.2 Å². The Labute approximate surface area is 321 Å². The van der Waals surface area contributed by atoms with Gasteiger partial charge in [0.25, 0.3) is 0 Å². The number of nitrogens with one attached hydrogen (secondary N) is 4. The molecule has 4 fully saturated rings. The number of rotatable bonds is 1. The first kappa shape index (κ1) is 51.6. The topological polar surface area (TPSA) is 170 Å². The van der Waals surface area contributed by atoms with E-state index in [-0.39, 0.29) is 32.4 Å². The van der Waals surface area contributed by atoms with Gasteiger partial charge in [0.2, 0.25) is 5.91 Å². The van der Waals surface area contributed by atoms with Gasteiger partial charge < -0.3 is 36.1 Å². The summed E-state index contributed by atoms with van der Waals surface area (Å²) >= 11 is 0. The van der Waals surface area contributed by atoms with Crippen molar-refractivity contribution in [1.82, 2.24) is 50.6 Å². The van der Waals surface area contributed by atoms with Gasteiger partial charge in [-0.05, 0) is 83.6 Å². The molecule has 1 saturated carbocycles. The first-order valence-electron chi connectivity index (χ1n) is 18.8. The van der Waals surface area contributed by atoms with Crippen LogP contribution < -0.4 is 32.7 Å². The third-order valence-corrected chi connectivity index (χ3v) is 8.78. The summed E-state index contributed by atoms with van der Waals surface area (Å²) in [6, 6.07) is 2.47. The van der Waals surface area contributed by atoms with Crippen LogP contribution in [0.1, 0.15) is 104 Å². The molecule has 3 unspecified atom stereocenters. The Morgan fingerprint density at radius 1 is 0.830 bits per heavy atom. The van der Waals surface area contributed by atoms with Crippen molar-refractivity contribution in [3.05, 3.63) is 59.7 Å². The lowest BCUT2D eigenvalue weighted by atomic mass is 9.99. The average molecular weight is 744 g/mol. The molecular weight excluding hydrogens is 667 g/mol. The summed E-state index contributed by atoms with van der Waals surface area (Å²) in [5.74, 6) is 0.842. The van der Waals surface area contributed by atoms with Gasteiger partial charge in [0.05, 0.1) is 18.4 Å². The minimum atomic E-state index is -0.199. The monoisotopic (exact) mass is 744 g/mol. The minimum absolute atomic E-state index is 0. The molecule has 7 rings (SSSR count). The molecule has 13 heteroatoms. The van der Waals surface area contributed by atoms with Crippen molar-refractivity contribution in [1.29, 1.82) is 0 Å². The number of hydrogen-bond donors (Lipinski definition) is 5. The molecule has 4 aliphatic rings. The van der Waals surface area contributed by atoms with Crippen LogP contribution in [-0.4, -0.2) is 87.1 Å². The van der Waals surface area contributed by atoms with Crippen LogP contribution in [-0.2, 0) is 18.9 Å². The first-order chi connectivity index (χ1) is 24.6. The molecular formula is C40H77N11O2. The van der Waals surface area contributed by atoms with Gasteiger partial charge >= 0.3 is 5.69 Å². The minimum Gasteiger partial charge on any atom is -0.369 e. The Morgan fingerprint density at radius 3 is 1.77 bits per heavy atom. The van der Waals surface area contributed by atoms with Crippen LogP contribution in [0.2, 0.25) is 0 Å². The molecule has 1 amide bonds. The summed E-state index contributed by atoms with van der Waals surface area (Å²) in [5.41, 5.74) is 8.49. The molecule has 3 saturated heterocycles. The molecule has 1 aliphatic carbocycles. The highest BCUT2D eigenvalue weighted by molar-refractivity contribution is 5.77. The molecule has 6 heterocycles. The third-order valence-electron chi connectivity index (χ3n) is 8.78. The Bertz CT molecular complexity index is 1340. The van der Waals surface area contributed by atoms with Crippen molar-refractivity contribution in [2.45, 2.75) is 113 Å². The Hall–Kier alpha value is -3.52. The maximum absolute atomic E-state index is 10.7. The summed E-state index contributed by atoms with van der Waals surface area (Å²) in [6.07, 6.45) is 19.0. The van der Waals surface area contributed by atoms with E-state index in [1.807, 2.05) is 18.5 Å². The largest absolute Gasteiger partial charge is 0.369 e. The van der Waals surface area contributed by atoms with E-state index in [1.165, 1.54) is 69.0 Å². The number of fused-ring (bicyclic) bond motifs is 1. The number of piperidine rings is 2. The number of nitrogens with zero attached hydrogens (tertiary/aromatic N) is 6. The molecule has 3 aromatic heterocycles. The van der Waals surface area contributed by atoms with Crippen LogP contribution in [0.15, 0.2) is 42.7 Å². The van der Waals surface area contributed by atoms with Gasteiger partial charge in [0.15, 0.2) is 5.65 Å². The van der Waals surface area contributed by atoms with Crippen LogP contribution in [0.5, 0.6) is 0 Å². The molecule has 3 aliphatic heterocycles. The van der Waals surface area contributed by atoms with Crippen LogP contribution in [0.3, 0.4) is 0 Å². The van der Waals surface area contributed by atoms with Gasteiger partial charge in [-0.25, -0.2) is 9.78 Å². The van der Waals surface area contributed by atoms with Crippen molar-refractivity contribution in [2.24, 2.45) is 31.7 Å².